The molecule has 34 heavy (non-hydrogen) atoms. The van der Waals surface area contributed by atoms with Crippen molar-refractivity contribution in [1.29, 1.82) is 0 Å². The molecule has 0 atom stereocenters. The van der Waals surface area contributed by atoms with E-state index in [1.54, 1.807) is 17.0 Å². The van der Waals surface area contributed by atoms with Gasteiger partial charge in [-0.05, 0) is 64.2 Å². The van der Waals surface area contributed by atoms with Crippen molar-refractivity contribution < 1.29 is 13.2 Å². The van der Waals surface area contributed by atoms with E-state index < -0.39 is 10.0 Å². The molecule has 4 rings (SSSR count). The zero-order valence-corrected chi connectivity index (χ0v) is 22.8. The molecule has 2 heterocycles. The van der Waals surface area contributed by atoms with Crippen molar-refractivity contribution in [3.05, 3.63) is 52.5 Å². The van der Waals surface area contributed by atoms with Crippen molar-refractivity contribution in [2.75, 3.05) is 45.2 Å². The van der Waals surface area contributed by atoms with E-state index in [-0.39, 0.29) is 11.8 Å². The van der Waals surface area contributed by atoms with Crippen LogP contribution in [0.1, 0.15) is 18.4 Å². The third-order valence-corrected chi connectivity index (χ3v) is 9.52. The van der Waals surface area contributed by atoms with Crippen LogP contribution in [-0.4, -0.2) is 68.8 Å². The molecule has 2 aromatic carbocycles. The summed E-state index contributed by atoms with van der Waals surface area (Å²) in [5.41, 5.74) is 1.88. The van der Waals surface area contributed by atoms with Crippen LogP contribution < -0.4 is 4.90 Å². The molecule has 0 unspecified atom stereocenters. The molecular weight excluding hydrogens is 536 g/mol. The lowest BCUT2D eigenvalue weighted by atomic mass is 9.96. The van der Waals surface area contributed by atoms with Crippen molar-refractivity contribution in [1.82, 2.24) is 14.2 Å². The fraction of sp³-hybridized carbons (Fsp3) is 0.417. The Labute approximate surface area is 213 Å². The normalized spacial score (nSPS) is 15.8. The topological polar surface area (TPSA) is 73.8 Å². The summed E-state index contributed by atoms with van der Waals surface area (Å²) >= 11 is 5.01. The highest BCUT2D eigenvalue weighted by atomic mass is 79.9. The molecular formula is C24H29BrN4O3S2. The minimum absolute atomic E-state index is 0.0207. The second-order valence-corrected chi connectivity index (χ2v) is 12.8. The molecule has 3 aromatic rings. The van der Waals surface area contributed by atoms with Gasteiger partial charge < -0.3 is 4.90 Å². The van der Waals surface area contributed by atoms with Gasteiger partial charge in [0, 0.05) is 36.6 Å². The van der Waals surface area contributed by atoms with Gasteiger partial charge in [-0.3, -0.25) is 9.69 Å². The van der Waals surface area contributed by atoms with E-state index in [0.29, 0.717) is 49.0 Å². The summed E-state index contributed by atoms with van der Waals surface area (Å²) < 4.78 is 29.6. The van der Waals surface area contributed by atoms with Gasteiger partial charge in [-0.2, -0.15) is 4.31 Å². The molecule has 7 nitrogen and oxygen atoms in total. The van der Waals surface area contributed by atoms with Gasteiger partial charge in [0.25, 0.3) is 0 Å². The minimum Gasteiger partial charge on any atom is -0.308 e. The largest absolute Gasteiger partial charge is 0.308 e. The number of halogens is 1. The third-order valence-electron chi connectivity index (χ3n) is 6.07. The first-order valence-corrected chi connectivity index (χ1v) is 14.3. The highest BCUT2D eigenvalue weighted by Gasteiger charge is 2.35. The fourth-order valence-electron chi connectivity index (χ4n) is 4.02. The van der Waals surface area contributed by atoms with Crippen LogP contribution in [0.5, 0.6) is 0 Å². The Morgan fingerprint density at radius 3 is 2.44 bits per heavy atom. The lowest BCUT2D eigenvalue weighted by Gasteiger charge is -2.33. The van der Waals surface area contributed by atoms with Gasteiger partial charge in [0.05, 0.1) is 15.1 Å². The Morgan fingerprint density at radius 2 is 1.79 bits per heavy atom. The number of anilines is 1. The summed E-state index contributed by atoms with van der Waals surface area (Å²) in [5, 5.41) is 0.689. The second-order valence-electron chi connectivity index (χ2n) is 8.89. The highest BCUT2D eigenvalue weighted by Crippen LogP contribution is 2.33. The van der Waals surface area contributed by atoms with Crippen molar-refractivity contribution >= 4 is 58.5 Å². The van der Waals surface area contributed by atoms with Crippen molar-refractivity contribution in [2.24, 2.45) is 5.92 Å². The highest BCUT2D eigenvalue weighted by molar-refractivity contribution is 9.10. The molecule has 1 aliphatic heterocycles. The van der Waals surface area contributed by atoms with Gasteiger partial charge in [0.2, 0.25) is 15.9 Å². The molecule has 0 N–H and O–H groups in total. The Hall–Kier alpha value is -1.85. The van der Waals surface area contributed by atoms with Gasteiger partial charge in [-0.15, -0.1) is 0 Å². The SMILES string of the molecule is Cc1ccc(S(=O)(=O)N2CCC(C(=O)N(CCN(C)C)c3nc4ccc(Br)cc4s3)CC2)cc1. The average Bonchev–Trinajstić information content (AvgIpc) is 3.22. The maximum Gasteiger partial charge on any atom is 0.243 e. The predicted octanol–water partition coefficient (Wildman–Crippen LogP) is 4.36. The number of hydrogen-bond acceptors (Lipinski definition) is 6. The molecule has 1 saturated heterocycles. The first-order chi connectivity index (χ1) is 16.1. The number of thiazole rings is 1. The van der Waals surface area contributed by atoms with E-state index in [9.17, 15) is 13.2 Å². The summed E-state index contributed by atoms with van der Waals surface area (Å²) in [6.07, 6.45) is 0.998. The number of hydrogen-bond donors (Lipinski definition) is 0. The van der Waals surface area contributed by atoms with Gasteiger partial charge >= 0.3 is 0 Å². The van der Waals surface area contributed by atoms with E-state index in [4.69, 9.17) is 4.98 Å². The Morgan fingerprint density at radius 1 is 1.12 bits per heavy atom. The zero-order valence-electron chi connectivity index (χ0n) is 19.6. The molecule has 1 fully saturated rings. The summed E-state index contributed by atoms with van der Waals surface area (Å²) in [7, 11) is 0.401. The number of benzene rings is 2. The summed E-state index contributed by atoms with van der Waals surface area (Å²) in [4.78, 5) is 22.5. The van der Waals surface area contributed by atoms with E-state index in [1.807, 2.05) is 56.3 Å². The minimum atomic E-state index is -3.56. The van der Waals surface area contributed by atoms with Gasteiger partial charge in [0.15, 0.2) is 5.13 Å². The third kappa shape index (κ3) is 5.52. The number of aryl methyl sites for hydroxylation is 1. The maximum absolute atomic E-state index is 13.6. The molecule has 0 spiro atoms. The second kappa shape index (κ2) is 10.4. The molecule has 0 bridgehead atoms. The number of carbonyl (C=O) groups excluding carboxylic acids is 1. The fourth-order valence-corrected chi connectivity index (χ4v) is 7.04. The first kappa shape index (κ1) is 25.2. The van der Waals surface area contributed by atoms with Crippen LogP contribution in [0.4, 0.5) is 5.13 Å². The monoisotopic (exact) mass is 564 g/mol. The number of nitrogens with zero attached hydrogens (tertiary/aromatic N) is 4. The van der Waals surface area contributed by atoms with Crippen LogP contribution in [-0.2, 0) is 14.8 Å². The Bertz CT molecular complexity index is 1270. The van der Waals surface area contributed by atoms with Crippen LogP contribution in [0.15, 0.2) is 51.8 Å². The summed E-state index contributed by atoms with van der Waals surface area (Å²) in [5.74, 6) is -0.210. The van der Waals surface area contributed by atoms with Crippen LogP contribution in [0.25, 0.3) is 10.2 Å². The van der Waals surface area contributed by atoms with Crippen LogP contribution in [0.3, 0.4) is 0 Å². The van der Waals surface area contributed by atoms with Gasteiger partial charge in [-0.1, -0.05) is 45.0 Å². The van der Waals surface area contributed by atoms with E-state index in [0.717, 1.165) is 20.3 Å². The first-order valence-electron chi connectivity index (χ1n) is 11.2. The van der Waals surface area contributed by atoms with E-state index >= 15 is 0 Å². The van der Waals surface area contributed by atoms with Gasteiger partial charge in [-0.25, -0.2) is 13.4 Å². The quantitative estimate of drug-likeness (QED) is 0.426. The number of piperidine rings is 1. The number of fused-ring (bicyclic) bond motifs is 1. The Balaban J connectivity index is 1.50. The standard InChI is InChI=1S/C24H29BrN4O3S2/c1-17-4-7-20(8-5-17)34(31,32)28-12-10-18(11-13-28)23(30)29(15-14-27(2)3)24-26-21-9-6-19(25)16-22(21)33-24/h4-9,16,18H,10-15H2,1-3H3. The number of rotatable bonds is 7. The van der Waals surface area contributed by atoms with Crippen molar-refractivity contribution in [2.45, 2.75) is 24.7 Å². The number of likely N-dealkylation sites (N-methyl/N-ethyl adjacent to an activating group) is 1. The molecule has 10 heteroatoms. The number of sulfonamides is 1. The van der Waals surface area contributed by atoms with Gasteiger partial charge in [0.1, 0.15) is 0 Å². The molecule has 0 radical (unpaired) electrons. The summed E-state index contributed by atoms with van der Waals surface area (Å²) in [6.45, 7) is 3.85. The number of aromatic nitrogens is 1. The molecule has 1 aromatic heterocycles. The number of carbonyl (C=O) groups is 1. The van der Waals surface area contributed by atoms with Crippen LogP contribution in [0, 0.1) is 12.8 Å². The lowest BCUT2D eigenvalue weighted by Crippen LogP contribution is -2.46. The summed E-state index contributed by atoms with van der Waals surface area (Å²) in [6, 6.07) is 12.8. The smallest absolute Gasteiger partial charge is 0.243 e. The van der Waals surface area contributed by atoms with Crippen molar-refractivity contribution in [3.63, 3.8) is 0 Å². The van der Waals surface area contributed by atoms with Crippen LogP contribution >= 0.6 is 27.3 Å². The number of amides is 1. The molecule has 0 saturated carbocycles. The zero-order chi connectivity index (χ0) is 24.5. The molecule has 1 aliphatic rings. The molecule has 0 aliphatic carbocycles. The lowest BCUT2D eigenvalue weighted by molar-refractivity contribution is -0.123. The van der Waals surface area contributed by atoms with E-state index in [1.165, 1.54) is 15.6 Å². The average molecular weight is 566 g/mol. The molecule has 182 valence electrons. The van der Waals surface area contributed by atoms with Crippen molar-refractivity contribution in [3.8, 4) is 0 Å². The van der Waals surface area contributed by atoms with E-state index in [2.05, 4.69) is 15.9 Å². The Kier molecular flexibility index (Phi) is 7.73. The van der Waals surface area contributed by atoms with Crippen LogP contribution in [0.2, 0.25) is 0 Å². The molecule has 1 amide bonds. The maximum atomic E-state index is 13.6. The predicted molar refractivity (Wildman–Crippen MR) is 141 cm³/mol.